The second kappa shape index (κ2) is 7.82. The number of carbonyl (C=O) groups is 1. The Bertz CT molecular complexity index is 1140. The molecule has 0 saturated heterocycles. The molecule has 5 nitrogen and oxygen atoms in total. The maximum absolute atomic E-state index is 13.7. The van der Waals surface area contributed by atoms with Gasteiger partial charge in [0, 0.05) is 11.3 Å². The highest BCUT2D eigenvalue weighted by Crippen LogP contribution is 2.22. The highest BCUT2D eigenvalue weighted by molar-refractivity contribution is 7.92. The zero-order valence-electron chi connectivity index (χ0n) is 15.4. The van der Waals surface area contributed by atoms with Crippen LogP contribution in [0.4, 0.5) is 15.8 Å². The van der Waals surface area contributed by atoms with Gasteiger partial charge in [-0.15, -0.1) is 0 Å². The van der Waals surface area contributed by atoms with Crippen LogP contribution in [0.3, 0.4) is 0 Å². The summed E-state index contributed by atoms with van der Waals surface area (Å²) in [6, 6.07) is 17.0. The van der Waals surface area contributed by atoms with Gasteiger partial charge in [-0.2, -0.15) is 0 Å². The monoisotopic (exact) mass is 398 g/mol. The number of aryl methyl sites for hydroxylation is 2. The molecule has 3 aromatic carbocycles. The quantitative estimate of drug-likeness (QED) is 0.665. The lowest BCUT2D eigenvalue weighted by molar-refractivity contribution is 0.102. The summed E-state index contributed by atoms with van der Waals surface area (Å²) in [7, 11) is -3.82. The van der Waals surface area contributed by atoms with Crippen molar-refractivity contribution in [3.05, 3.63) is 89.2 Å². The molecule has 3 aromatic rings. The van der Waals surface area contributed by atoms with Crippen molar-refractivity contribution >= 4 is 27.3 Å². The van der Waals surface area contributed by atoms with Crippen LogP contribution in [-0.2, 0) is 10.0 Å². The van der Waals surface area contributed by atoms with Crippen LogP contribution in [0.2, 0.25) is 0 Å². The number of para-hydroxylation sites is 1. The van der Waals surface area contributed by atoms with Crippen molar-refractivity contribution < 1.29 is 17.6 Å². The number of amides is 1. The first-order valence-corrected chi connectivity index (χ1v) is 10.0. The number of carbonyl (C=O) groups excluding carboxylic acids is 1. The molecule has 0 aromatic heterocycles. The minimum absolute atomic E-state index is 0.0499. The number of sulfonamides is 1. The minimum atomic E-state index is -3.82. The summed E-state index contributed by atoms with van der Waals surface area (Å²) >= 11 is 0. The Morgan fingerprint density at radius 2 is 1.68 bits per heavy atom. The van der Waals surface area contributed by atoms with E-state index in [4.69, 9.17) is 0 Å². The molecule has 144 valence electrons. The zero-order valence-corrected chi connectivity index (χ0v) is 16.2. The number of hydrogen-bond acceptors (Lipinski definition) is 3. The molecule has 0 atom stereocenters. The molecule has 0 aliphatic carbocycles. The molecule has 3 rings (SSSR count). The molecular formula is C21H19FN2O3S. The largest absolute Gasteiger partial charge is 0.319 e. The summed E-state index contributed by atoms with van der Waals surface area (Å²) in [5, 5.41) is 2.47. The van der Waals surface area contributed by atoms with Crippen molar-refractivity contribution in [3.8, 4) is 0 Å². The first-order chi connectivity index (χ1) is 13.3. The molecule has 0 saturated carbocycles. The van der Waals surface area contributed by atoms with E-state index in [0.29, 0.717) is 5.56 Å². The highest BCUT2D eigenvalue weighted by Gasteiger charge is 2.18. The Labute approximate surface area is 163 Å². The van der Waals surface area contributed by atoms with Crippen molar-refractivity contribution in [1.29, 1.82) is 0 Å². The summed E-state index contributed by atoms with van der Waals surface area (Å²) in [6.45, 7) is 3.53. The van der Waals surface area contributed by atoms with E-state index in [1.165, 1.54) is 30.3 Å². The predicted octanol–water partition coefficient (Wildman–Crippen LogP) is 4.50. The topological polar surface area (TPSA) is 75.3 Å². The first-order valence-electron chi connectivity index (χ1n) is 8.52. The third-order valence-corrected chi connectivity index (χ3v) is 5.66. The summed E-state index contributed by atoms with van der Waals surface area (Å²) in [5.74, 6) is -1.10. The second-order valence-electron chi connectivity index (χ2n) is 6.39. The van der Waals surface area contributed by atoms with E-state index in [1.807, 2.05) is 13.0 Å². The molecular weight excluding hydrogens is 379 g/mol. The van der Waals surface area contributed by atoms with E-state index in [1.54, 1.807) is 37.3 Å². The van der Waals surface area contributed by atoms with Gasteiger partial charge in [-0.3, -0.25) is 9.52 Å². The van der Waals surface area contributed by atoms with Crippen LogP contribution in [0.1, 0.15) is 21.5 Å². The Morgan fingerprint density at radius 1 is 0.929 bits per heavy atom. The van der Waals surface area contributed by atoms with E-state index < -0.39 is 21.7 Å². The summed E-state index contributed by atoms with van der Waals surface area (Å²) in [5.41, 5.74) is 1.93. The van der Waals surface area contributed by atoms with E-state index >= 15 is 0 Å². The van der Waals surface area contributed by atoms with Gasteiger partial charge in [0.05, 0.1) is 10.6 Å². The summed E-state index contributed by atoms with van der Waals surface area (Å²) in [6.07, 6.45) is 0. The molecule has 0 aliphatic heterocycles. The van der Waals surface area contributed by atoms with Gasteiger partial charge >= 0.3 is 0 Å². The van der Waals surface area contributed by atoms with Gasteiger partial charge in [0.2, 0.25) is 0 Å². The summed E-state index contributed by atoms with van der Waals surface area (Å²) < 4.78 is 41.7. The van der Waals surface area contributed by atoms with Crippen LogP contribution in [0.25, 0.3) is 0 Å². The predicted molar refractivity (Wildman–Crippen MR) is 108 cm³/mol. The number of rotatable bonds is 5. The minimum Gasteiger partial charge on any atom is -0.319 e. The third kappa shape index (κ3) is 4.37. The van der Waals surface area contributed by atoms with Gasteiger partial charge in [-0.1, -0.05) is 30.3 Å². The molecule has 7 heteroatoms. The number of benzene rings is 3. The molecule has 0 heterocycles. The molecule has 0 unspecified atom stereocenters. The maximum atomic E-state index is 13.7. The standard InChI is InChI=1S/C21H19FN2O3S/c1-14-10-11-15(2)20(12-14)28(26,27)24-17-7-5-6-16(13-17)21(25)23-19-9-4-3-8-18(19)22/h3-13,24H,1-2H3,(H,23,25). The number of anilines is 2. The number of halogens is 1. The van der Waals surface area contributed by atoms with Crippen molar-refractivity contribution in [3.63, 3.8) is 0 Å². The maximum Gasteiger partial charge on any atom is 0.262 e. The van der Waals surface area contributed by atoms with Crippen molar-refractivity contribution in [2.75, 3.05) is 10.0 Å². The third-order valence-electron chi connectivity index (χ3n) is 4.13. The van der Waals surface area contributed by atoms with Gasteiger partial charge < -0.3 is 5.32 Å². The molecule has 1 amide bonds. The molecule has 28 heavy (non-hydrogen) atoms. The van der Waals surface area contributed by atoms with Crippen LogP contribution in [-0.4, -0.2) is 14.3 Å². The van der Waals surface area contributed by atoms with Gasteiger partial charge in [0.1, 0.15) is 5.82 Å². The SMILES string of the molecule is Cc1ccc(C)c(S(=O)(=O)Nc2cccc(C(=O)Nc3ccccc3F)c2)c1. The van der Waals surface area contributed by atoms with Crippen molar-refractivity contribution in [2.45, 2.75) is 18.7 Å². The lowest BCUT2D eigenvalue weighted by Gasteiger charge is -2.12. The fourth-order valence-electron chi connectivity index (χ4n) is 2.69. The molecule has 0 fully saturated rings. The van der Waals surface area contributed by atoms with Crippen LogP contribution in [0.15, 0.2) is 71.6 Å². The van der Waals surface area contributed by atoms with Crippen LogP contribution < -0.4 is 10.0 Å². The van der Waals surface area contributed by atoms with E-state index in [2.05, 4.69) is 10.0 Å². The van der Waals surface area contributed by atoms with Crippen molar-refractivity contribution in [1.82, 2.24) is 0 Å². The van der Waals surface area contributed by atoms with Gasteiger partial charge in [-0.05, 0) is 61.4 Å². The Morgan fingerprint density at radius 3 is 2.43 bits per heavy atom. The van der Waals surface area contributed by atoms with Crippen LogP contribution in [0.5, 0.6) is 0 Å². The number of hydrogen-bond donors (Lipinski definition) is 2. The lowest BCUT2D eigenvalue weighted by Crippen LogP contribution is -2.16. The number of nitrogens with one attached hydrogen (secondary N) is 2. The van der Waals surface area contributed by atoms with Crippen LogP contribution >= 0.6 is 0 Å². The fraction of sp³-hybridized carbons (Fsp3) is 0.0952. The average molecular weight is 398 g/mol. The first kappa shape index (κ1) is 19.6. The Kier molecular flexibility index (Phi) is 5.46. The zero-order chi connectivity index (χ0) is 20.3. The fourth-order valence-corrected chi connectivity index (χ4v) is 4.07. The van der Waals surface area contributed by atoms with Gasteiger partial charge in [0.25, 0.3) is 15.9 Å². The molecule has 0 spiro atoms. The smallest absolute Gasteiger partial charge is 0.262 e. The Balaban J connectivity index is 1.84. The normalized spacial score (nSPS) is 11.1. The average Bonchev–Trinajstić information content (AvgIpc) is 2.65. The van der Waals surface area contributed by atoms with Gasteiger partial charge in [-0.25, -0.2) is 12.8 Å². The Hall–Kier alpha value is -3.19. The van der Waals surface area contributed by atoms with Gasteiger partial charge in [0.15, 0.2) is 0 Å². The lowest BCUT2D eigenvalue weighted by atomic mass is 10.2. The molecule has 0 bridgehead atoms. The molecule has 0 radical (unpaired) electrons. The molecule has 2 N–H and O–H groups in total. The summed E-state index contributed by atoms with van der Waals surface area (Å²) in [4.78, 5) is 12.6. The second-order valence-corrected chi connectivity index (χ2v) is 8.04. The van der Waals surface area contributed by atoms with E-state index in [0.717, 1.165) is 5.56 Å². The van der Waals surface area contributed by atoms with E-state index in [-0.39, 0.29) is 21.8 Å². The van der Waals surface area contributed by atoms with Crippen LogP contribution in [0, 0.1) is 19.7 Å². The van der Waals surface area contributed by atoms with E-state index in [9.17, 15) is 17.6 Å². The highest BCUT2D eigenvalue weighted by atomic mass is 32.2. The molecule has 0 aliphatic rings. The van der Waals surface area contributed by atoms with Crippen molar-refractivity contribution in [2.24, 2.45) is 0 Å².